The molecule has 1 aromatic rings. The van der Waals surface area contributed by atoms with Gasteiger partial charge in [0.1, 0.15) is 6.04 Å². The van der Waals surface area contributed by atoms with Gasteiger partial charge in [-0.25, -0.2) is 0 Å². The van der Waals surface area contributed by atoms with Gasteiger partial charge in [-0.05, 0) is 50.1 Å². The van der Waals surface area contributed by atoms with Crippen molar-refractivity contribution in [3.8, 4) is 0 Å². The minimum Gasteiger partial charge on any atom is -0.390 e. The molecule has 1 aromatic carbocycles. The van der Waals surface area contributed by atoms with Gasteiger partial charge in [-0.15, -0.1) is 0 Å². The zero-order chi connectivity index (χ0) is 37.2. The van der Waals surface area contributed by atoms with Gasteiger partial charge in [-0.2, -0.15) is 0 Å². The van der Waals surface area contributed by atoms with Crippen LogP contribution in [0.4, 0.5) is 0 Å². The third-order valence-electron chi connectivity index (χ3n) is 10.2. The molecule has 12 heteroatoms. The van der Waals surface area contributed by atoms with E-state index in [1.54, 1.807) is 52.2 Å². The van der Waals surface area contributed by atoms with Crippen LogP contribution in [0.1, 0.15) is 92.7 Å². The number of aliphatic hydroxyl groups excluding tert-OH is 3. The summed E-state index contributed by atoms with van der Waals surface area (Å²) in [6.07, 6.45) is -1.81. The van der Waals surface area contributed by atoms with Crippen LogP contribution in [0.3, 0.4) is 0 Å². The number of nitrogens with zero attached hydrogens (tertiary/aromatic N) is 2. The molecule has 4 amide bonds. The van der Waals surface area contributed by atoms with Crippen LogP contribution in [0.15, 0.2) is 30.3 Å². The molecule has 278 valence electrons. The third kappa shape index (κ3) is 11.0. The number of likely N-dealkylation sites (tertiary alicyclic amines) is 1. The molecule has 2 rings (SSSR count). The first-order valence-corrected chi connectivity index (χ1v) is 17.9. The molecule has 1 aliphatic heterocycles. The van der Waals surface area contributed by atoms with E-state index in [0.717, 1.165) is 0 Å². The first kappa shape index (κ1) is 42.1. The summed E-state index contributed by atoms with van der Waals surface area (Å²) in [5.41, 5.74) is 0.663. The van der Waals surface area contributed by atoms with Crippen molar-refractivity contribution in [1.29, 1.82) is 0 Å². The second-order valence-corrected chi connectivity index (χ2v) is 14.6. The van der Waals surface area contributed by atoms with Crippen LogP contribution in [-0.2, 0) is 19.2 Å². The van der Waals surface area contributed by atoms with Crippen molar-refractivity contribution >= 4 is 23.6 Å². The number of rotatable bonds is 18. The van der Waals surface area contributed by atoms with E-state index in [1.807, 2.05) is 47.6 Å². The maximum atomic E-state index is 13.9. The fourth-order valence-electron chi connectivity index (χ4n) is 6.89. The summed E-state index contributed by atoms with van der Waals surface area (Å²) in [6, 6.07) is 5.74. The Morgan fingerprint density at radius 2 is 1.49 bits per heavy atom. The monoisotopic (exact) mass is 689 g/mol. The second kappa shape index (κ2) is 19.4. The Morgan fingerprint density at radius 3 is 2.02 bits per heavy atom. The van der Waals surface area contributed by atoms with Gasteiger partial charge in [0.25, 0.3) is 0 Å². The molecule has 0 bridgehead atoms. The summed E-state index contributed by atoms with van der Waals surface area (Å²) in [4.78, 5) is 56.8. The van der Waals surface area contributed by atoms with Gasteiger partial charge in [0.05, 0.1) is 54.8 Å². The molecule has 6 N–H and O–H groups in total. The molecule has 0 radical (unpaired) electrons. The molecular weight excluding hydrogens is 626 g/mol. The zero-order valence-corrected chi connectivity index (χ0v) is 31.2. The predicted molar refractivity (Wildman–Crippen MR) is 190 cm³/mol. The van der Waals surface area contributed by atoms with Crippen molar-refractivity contribution in [3.05, 3.63) is 35.9 Å². The number of amides is 4. The molecule has 1 heterocycles. The Morgan fingerprint density at radius 1 is 0.898 bits per heavy atom. The molecular formula is C37H63N5O7. The van der Waals surface area contributed by atoms with Crippen LogP contribution in [0.25, 0.3) is 0 Å². The van der Waals surface area contributed by atoms with E-state index in [9.17, 15) is 34.5 Å². The molecule has 1 saturated heterocycles. The fraction of sp³-hybridized carbons (Fsp3) is 0.730. The Bertz CT molecular complexity index is 1210. The molecule has 10 atom stereocenters. The Labute approximate surface area is 293 Å². The van der Waals surface area contributed by atoms with Crippen LogP contribution >= 0.6 is 0 Å². The van der Waals surface area contributed by atoms with E-state index >= 15 is 0 Å². The summed E-state index contributed by atoms with van der Waals surface area (Å²) in [5.74, 6) is -2.69. The van der Waals surface area contributed by atoms with Crippen molar-refractivity contribution in [3.63, 3.8) is 0 Å². The summed E-state index contributed by atoms with van der Waals surface area (Å²) < 4.78 is 0. The highest BCUT2D eigenvalue weighted by Gasteiger charge is 2.42. The highest BCUT2D eigenvalue weighted by Crippen LogP contribution is 2.28. The number of carbonyl (C=O) groups is 4. The third-order valence-corrected chi connectivity index (χ3v) is 10.2. The minimum absolute atomic E-state index is 0.00717. The van der Waals surface area contributed by atoms with E-state index in [0.29, 0.717) is 31.4 Å². The highest BCUT2D eigenvalue weighted by atomic mass is 16.3. The van der Waals surface area contributed by atoms with Gasteiger partial charge < -0.3 is 41.1 Å². The number of nitrogens with one attached hydrogen (secondary N) is 3. The topological polar surface area (TPSA) is 172 Å². The van der Waals surface area contributed by atoms with Crippen LogP contribution in [0.2, 0.25) is 0 Å². The standard InChI is InChI=1S/C37H63N5O7/c1-11-23(6)32(41(10)37(49)31(22(4)5)40-36(48)30(38-9)21(2)3)28(43)20-29(44)42-19-15-18-27(42)33(45)24(7)35(47)39-25(8)34(46)26-16-13-12-14-17-26/h12-14,16-17,21-25,27-28,30-34,38,43,45-46H,11,15,18-20H2,1-10H3,(H,39,47)(H,40,48)/t23-,24+,25+,27-,28+,30-,31-,32-,33+,34+/m0/s1. The number of likely N-dealkylation sites (N-methyl/N-ethyl adjacent to an activating group) is 2. The van der Waals surface area contributed by atoms with E-state index in [-0.39, 0.29) is 41.9 Å². The van der Waals surface area contributed by atoms with Gasteiger partial charge in [0.15, 0.2) is 0 Å². The lowest BCUT2D eigenvalue weighted by molar-refractivity contribution is -0.146. The average molecular weight is 690 g/mol. The average Bonchev–Trinajstić information content (AvgIpc) is 3.56. The maximum absolute atomic E-state index is 13.9. The molecule has 1 fully saturated rings. The summed E-state index contributed by atoms with van der Waals surface area (Å²) >= 11 is 0. The molecule has 12 nitrogen and oxygen atoms in total. The van der Waals surface area contributed by atoms with E-state index in [4.69, 9.17) is 0 Å². The molecule has 0 aromatic heterocycles. The van der Waals surface area contributed by atoms with Crippen molar-refractivity contribution in [2.45, 2.75) is 130 Å². The summed E-state index contributed by atoms with van der Waals surface area (Å²) in [7, 11) is 3.30. The van der Waals surface area contributed by atoms with Gasteiger partial charge in [0, 0.05) is 13.6 Å². The number of hydrogen-bond donors (Lipinski definition) is 6. The van der Waals surface area contributed by atoms with E-state index in [1.165, 1.54) is 9.80 Å². The molecule has 0 spiro atoms. The molecule has 0 aliphatic carbocycles. The lowest BCUT2D eigenvalue weighted by Gasteiger charge is -2.39. The first-order valence-electron chi connectivity index (χ1n) is 17.9. The van der Waals surface area contributed by atoms with Crippen molar-refractivity contribution in [2.75, 3.05) is 20.6 Å². The summed E-state index contributed by atoms with van der Waals surface area (Å²) in [6.45, 7) is 15.1. The van der Waals surface area contributed by atoms with Gasteiger partial charge in [-0.1, -0.05) is 85.2 Å². The smallest absolute Gasteiger partial charge is 0.245 e. The molecule has 1 aliphatic rings. The second-order valence-electron chi connectivity index (χ2n) is 14.6. The van der Waals surface area contributed by atoms with E-state index < -0.39 is 60.3 Å². The number of carbonyl (C=O) groups excluding carboxylic acids is 4. The number of aliphatic hydroxyl groups is 3. The van der Waals surface area contributed by atoms with Crippen molar-refractivity contribution < 1.29 is 34.5 Å². The van der Waals surface area contributed by atoms with Gasteiger partial charge in [0.2, 0.25) is 23.6 Å². The number of benzene rings is 1. The predicted octanol–water partition coefficient (Wildman–Crippen LogP) is 2.22. The van der Waals surface area contributed by atoms with Crippen LogP contribution in [0.5, 0.6) is 0 Å². The minimum atomic E-state index is -1.21. The zero-order valence-electron chi connectivity index (χ0n) is 31.2. The maximum Gasteiger partial charge on any atom is 0.245 e. The van der Waals surface area contributed by atoms with Crippen molar-refractivity contribution in [1.82, 2.24) is 25.8 Å². The fourth-order valence-corrected chi connectivity index (χ4v) is 6.89. The van der Waals surface area contributed by atoms with E-state index in [2.05, 4.69) is 16.0 Å². The van der Waals surface area contributed by atoms with Crippen LogP contribution in [0, 0.1) is 23.7 Å². The Hall–Kier alpha value is -3.06. The van der Waals surface area contributed by atoms with Crippen LogP contribution in [-0.4, -0.2) is 112 Å². The van der Waals surface area contributed by atoms with Crippen LogP contribution < -0.4 is 16.0 Å². The van der Waals surface area contributed by atoms with Gasteiger partial charge >= 0.3 is 0 Å². The quantitative estimate of drug-likeness (QED) is 0.136. The number of hydrogen-bond acceptors (Lipinski definition) is 8. The molecule has 0 saturated carbocycles. The highest BCUT2D eigenvalue weighted by molar-refractivity contribution is 5.90. The SMILES string of the molecule is CC[C@H](C)[C@@H]([C@H](O)CC(=O)N1CCC[C@H]1[C@H](O)[C@@H](C)C(=O)N[C@H](C)[C@@H](O)c1ccccc1)N(C)C(=O)[C@@H](NC(=O)[C@@H](NC)C(C)C)C(C)C. The largest absolute Gasteiger partial charge is 0.390 e. The first-order chi connectivity index (χ1) is 23.0. The lowest BCUT2D eigenvalue weighted by atomic mass is 9.89. The molecule has 49 heavy (non-hydrogen) atoms. The van der Waals surface area contributed by atoms with Gasteiger partial charge in [-0.3, -0.25) is 19.2 Å². The molecule has 0 unspecified atom stereocenters. The van der Waals surface area contributed by atoms with Crippen molar-refractivity contribution in [2.24, 2.45) is 23.7 Å². The normalized spacial score (nSPS) is 20.5. The Kier molecular flexibility index (Phi) is 16.6. The summed E-state index contributed by atoms with van der Waals surface area (Å²) in [5, 5.41) is 42.3. The lowest BCUT2D eigenvalue weighted by Crippen LogP contribution is -2.59. The Balaban J connectivity index is 2.15.